The third-order valence-electron chi connectivity index (χ3n) is 3.95. The summed E-state index contributed by atoms with van der Waals surface area (Å²) in [6.45, 7) is 1.79. The number of nitrogens with one attached hydrogen (secondary N) is 1. The van der Waals surface area contributed by atoms with Crippen molar-refractivity contribution in [1.82, 2.24) is 4.90 Å². The van der Waals surface area contributed by atoms with E-state index >= 15 is 0 Å². The van der Waals surface area contributed by atoms with Crippen LogP contribution in [0.4, 0.5) is 10.5 Å². The van der Waals surface area contributed by atoms with Gasteiger partial charge < -0.3 is 15.2 Å². The molecule has 3 rings (SSSR count). The lowest BCUT2D eigenvalue weighted by atomic mass is 10.2. The number of carbonyl (C=O) groups is 3. The minimum Gasteiger partial charge on any atom is -0.504 e. The van der Waals surface area contributed by atoms with Crippen LogP contribution < -0.4 is 10.1 Å². The summed E-state index contributed by atoms with van der Waals surface area (Å²) in [6, 6.07) is 10.2. The molecule has 0 aliphatic carbocycles. The number of halogens is 2. The lowest BCUT2D eigenvalue weighted by molar-refractivity contribution is -0.127. The number of ether oxygens (including phenoxy) is 1. The van der Waals surface area contributed by atoms with E-state index in [2.05, 4.69) is 21.2 Å². The molecule has 1 aliphatic rings. The number of hydrogen-bond donors (Lipinski definition) is 2. The van der Waals surface area contributed by atoms with Crippen LogP contribution in [0.2, 0.25) is 0 Å². The fraction of sp³-hybridized carbons (Fsp3) is 0.150. The molecule has 3 amide bonds. The zero-order valence-corrected chi connectivity index (χ0v) is 20.2. The first-order valence-corrected chi connectivity index (χ1v) is 11.4. The summed E-state index contributed by atoms with van der Waals surface area (Å²) in [6.07, 6.45) is 1.54. The Morgan fingerprint density at radius 1 is 1.30 bits per heavy atom. The Kier molecular flexibility index (Phi) is 7.42. The highest BCUT2D eigenvalue weighted by atomic mass is 127. The number of hydrogen-bond acceptors (Lipinski definition) is 6. The van der Waals surface area contributed by atoms with Crippen LogP contribution in [0.25, 0.3) is 6.08 Å². The van der Waals surface area contributed by atoms with Crippen molar-refractivity contribution >= 4 is 79.1 Å². The minimum absolute atomic E-state index is 0.0207. The topological polar surface area (TPSA) is 95.9 Å². The third kappa shape index (κ3) is 5.35. The number of benzene rings is 2. The molecule has 1 fully saturated rings. The highest BCUT2D eigenvalue weighted by Crippen LogP contribution is 2.36. The molecule has 1 heterocycles. The van der Waals surface area contributed by atoms with E-state index in [4.69, 9.17) is 4.74 Å². The van der Waals surface area contributed by atoms with Crippen molar-refractivity contribution in [2.45, 2.75) is 6.92 Å². The van der Waals surface area contributed by atoms with Gasteiger partial charge in [-0.15, -0.1) is 0 Å². The highest BCUT2D eigenvalue weighted by Gasteiger charge is 2.36. The van der Waals surface area contributed by atoms with Crippen molar-refractivity contribution < 1.29 is 24.2 Å². The molecule has 0 spiro atoms. The van der Waals surface area contributed by atoms with Crippen molar-refractivity contribution in [3.63, 3.8) is 0 Å². The predicted molar refractivity (Wildman–Crippen MR) is 127 cm³/mol. The molecule has 0 aromatic heterocycles. The number of nitrogens with zero attached hydrogens (tertiary/aromatic N) is 1. The molecule has 0 saturated carbocycles. The van der Waals surface area contributed by atoms with Gasteiger partial charge in [0.1, 0.15) is 6.54 Å². The number of anilines is 1. The average molecular weight is 603 g/mol. The van der Waals surface area contributed by atoms with Crippen molar-refractivity contribution in [1.29, 1.82) is 0 Å². The zero-order chi connectivity index (χ0) is 21.8. The Labute approximate surface area is 199 Å². The summed E-state index contributed by atoms with van der Waals surface area (Å²) in [5, 5.41) is 12.2. The second-order valence-electron chi connectivity index (χ2n) is 6.11. The normalized spacial score (nSPS) is 15.0. The van der Waals surface area contributed by atoms with Crippen LogP contribution in [0.3, 0.4) is 0 Å². The molecule has 2 aromatic carbocycles. The second kappa shape index (κ2) is 9.84. The van der Waals surface area contributed by atoms with Gasteiger partial charge in [-0.05, 0) is 89.3 Å². The van der Waals surface area contributed by atoms with Crippen LogP contribution in [-0.2, 0) is 9.59 Å². The van der Waals surface area contributed by atoms with E-state index in [1.807, 2.05) is 22.6 Å². The standard InChI is InChI=1S/C20H16BrIN2O5S/c1-2-29-15-8-11(7-14(22)18(15)26)9-16-19(27)24(20(28)30-16)10-17(25)23-13-5-3-12(21)4-6-13/h3-9,26H,2,10H2,1H3,(H,23,25)/b16-9+. The van der Waals surface area contributed by atoms with Gasteiger partial charge in [-0.1, -0.05) is 15.9 Å². The predicted octanol–water partition coefficient (Wildman–Crippen LogP) is 4.83. The molecule has 0 atom stereocenters. The summed E-state index contributed by atoms with van der Waals surface area (Å²) >= 11 is 6.03. The van der Waals surface area contributed by atoms with Crippen molar-refractivity contribution in [2.24, 2.45) is 0 Å². The summed E-state index contributed by atoms with van der Waals surface area (Å²) in [4.78, 5) is 38.3. The highest BCUT2D eigenvalue weighted by molar-refractivity contribution is 14.1. The number of aromatic hydroxyl groups is 1. The summed E-state index contributed by atoms with van der Waals surface area (Å²) in [5.74, 6) is -0.702. The summed E-state index contributed by atoms with van der Waals surface area (Å²) in [5.41, 5.74) is 1.17. The fourth-order valence-corrected chi connectivity index (χ4v) is 4.34. The lowest BCUT2D eigenvalue weighted by Gasteiger charge is -2.12. The molecule has 2 N–H and O–H groups in total. The van der Waals surface area contributed by atoms with Gasteiger partial charge in [0.05, 0.1) is 15.1 Å². The fourth-order valence-electron chi connectivity index (χ4n) is 2.61. The number of phenols is 1. The van der Waals surface area contributed by atoms with Gasteiger partial charge in [0.25, 0.3) is 11.1 Å². The number of carbonyl (C=O) groups excluding carboxylic acids is 3. The molecule has 156 valence electrons. The molecular formula is C20H16BrIN2O5S. The molecule has 1 aliphatic heterocycles. The number of phenolic OH excluding ortho intramolecular Hbond substituents is 1. The van der Waals surface area contributed by atoms with E-state index in [1.165, 1.54) is 0 Å². The molecule has 30 heavy (non-hydrogen) atoms. The Morgan fingerprint density at radius 3 is 2.67 bits per heavy atom. The van der Waals surface area contributed by atoms with Gasteiger partial charge in [0.15, 0.2) is 11.5 Å². The Bertz CT molecular complexity index is 1040. The first-order chi connectivity index (χ1) is 14.3. The van der Waals surface area contributed by atoms with E-state index in [-0.39, 0.29) is 17.2 Å². The Balaban J connectivity index is 1.74. The summed E-state index contributed by atoms with van der Waals surface area (Å²) in [7, 11) is 0. The molecule has 0 radical (unpaired) electrons. The minimum atomic E-state index is -0.544. The van der Waals surface area contributed by atoms with Crippen LogP contribution in [0.15, 0.2) is 45.8 Å². The summed E-state index contributed by atoms with van der Waals surface area (Å²) < 4.78 is 6.82. The van der Waals surface area contributed by atoms with E-state index < -0.39 is 17.1 Å². The molecule has 0 unspecified atom stereocenters. The SMILES string of the molecule is CCOc1cc(/C=C2/SC(=O)N(CC(=O)Nc3ccc(Br)cc3)C2=O)cc(I)c1O. The monoisotopic (exact) mass is 602 g/mol. The van der Waals surface area contributed by atoms with Crippen LogP contribution in [-0.4, -0.2) is 40.2 Å². The van der Waals surface area contributed by atoms with Crippen LogP contribution >= 0.6 is 50.3 Å². The molecule has 2 aromatic rings. The van der Waals surface area contributed by atoms with Crippen molar-refractivity contribution in [3.8, 4) is 11.5 Å². The zero-order valence-electron chi connectivity index (χ0n) is 15.6. The number of rotatable bonds is 6. The number of amides is 3. The molecular weight excluding hydrogens is 587 g/mol. The maximum atomic E-state index is 12.7. The maximum Gasteiger partial charge on any atom is 0.294 e. The largest absolute Gasteiger partial charge is 0.504 e. The quantitative estimate of drug-likeness (QED) is 0.363. The smallest absolute Gasteiger partial charge is 0.294 e. The second-order valence-corrected chi connectivity index (χ2v) is 9.18. The molecule has 1 saturated heterocycles. The number of imide groups is 1. The van der Waals surface area contributed by atoms with Gasteiger partial charge in [0.2, 0.25) is 5.91 Å². The Hall–Kier alpha value is -2.05. The van der Waals surface area contributed by atoms with Crippen LogP contribution in [0.5, 0.6) is 11.5 Å². The molecule has 7 nitrogen and oxygen atoms in total. The maximum absolute atomic E-state index is 12.7. The van der Waals surface area contributed by atoms with E-state index in [0.29, 0.717) is 27.2 Å². The van der Waals surface area contributed by atoms with Gasteiger partial charge in [-0.2, -0.15) is 0 Å². The van der Waals surface area contributed by atoms with Gasteiger partial charge in [0, 0.05) is 10.2 Å². The molecule has 10 heteroatoms. The van der Waals surface area contributed by atoms with Crippen molar-refractivity contribution in [3.05, 3.63) is 54.9 Å². The lowest BCUT2D eigenvalue weighted by Crippen LogP contribution is -2.36. The average Bonchev–Trinajstić information content (AvgIpc) is 2.95. The van der Waals surface area contributed by atoms with Crippen LogP contribution in [0.1, 0.15) is 12.5 Å². The first kappa shape index (κ1) is 22.6. The molecule has 0 bridgehead atoms. The van der Waals surface area contributed by atoms with Gasteiger partial charge >= 0.3 is 0 Å². The van der Waals surface area contributed by atoms with Crippen molar-refractivity contribution in [2.75, 3.05) is 18.5 Å². The number of thioether (sulfide) groups is 1. The Morgan fingerprint density at radius 2 is 2.00 bits per heavy atom. The van der Waals surface area contributed by atoms with E-state index in [9.17, 15) is 19.5 Å². The van der Waals surface area contributed by atoms with E-state index in [0.717, 1.165) is 21.1 Å². The first-order valence-electron chi connectivity index (χ1n) is 8.74. The van der Waals surface area contributed by atoms with Gasteiger partial charge in [-0.25, -0.2) is 0 Å². The van der Waals surface area contributed by atoms with Gasteiger partial charge in [-0.3, -0.25) is 19.3 Å². The third-order valence-corrected chi connectivity index (χ3v) is 6.21. The van der Waals surface area contributed by atoms with E-state index in [1.54, 1.807) is 49.4 Å². The van der Waals surface area contributed by atoms with Crippen LogP contribution in [0, 0.1) is 3.57 Å².